The van der Waals surface area contributed by atoms with Crippen LogP contribution in [0.25, 0.3) is 0 Å². The molecule has 0 amide bonds. The molecule has 1 aromatic heterocycles. The molecule has 1 heterocycles. The third-order valence-corrected chi connectivity index (χ3v) is 2.33. The zero-order chi connectivity index (χ0) is 11.5. The van der Waals surface area contributed by atoms with Gasteiger partial charge in [0.15, 0.2) is 0 Å². The number of benzene rings is 1. The van der Waals surface area contributed by atoms with Gasteiger partial charge in [-0.15, -0.1) is 5.10 Å². The van der Waals surface area contributed by atoms with Crippen LogP contribution in [0, 0.1) is 5.82 Å². The van der Waals surface area contributed by atoms with Crippen molar-refractivity contribution in [2.75, 3.05) is 5.32 Å². The molecule has 84 valence electrons. The summed E-state index contributed by atoms with van der Waals surface area (Å²) in [5.41, 5.74) is 1.56. The maximum absolute atomic E-state index is 12.9. The van der Waals surface area contributed by atoms with Crippen molar-refractivity contribution in [2.24, 2.45) is 7.05 Å². The molecular weight excluding hydrogens is 231 g/mol. The normalized spacial score (nSPS) is 10.4. The quantitative estimate of drug-likeness (QED) is 0.895. The molecule has 0 radical (unpaired) electrons. The fourth-order valence-corrected chi connectivity index (χ4v) is 1.46. The number of aromatic nitrogens is 3. The van der Waals surface area contributed by atoms with Crippen LogP contribution in [-0.4, -0.2) is 15.0 Å². The zero-order valence-electron chi connectivity index (χ0n) is 8.61. The SMILES string of the molecule is Cn1cc(CNc2ccc(F)c(Cl)c2)nn1. The summed E-state index contributed by atoms with van der Waals surface area (Å²) in [5, 5.41) is 10.9. The van der Waals surface area contributed by atoms with Gasteiger partial charge in [-0.25, -0.2) is 4.39 Å². The van der Waals surface area contributed by atoms with E-state index in [-0.39, 0.29) is 5.02 Å². The average molecular weight is 241 g/mol. The van der Waals surface area contributed by atoms with Gasteiger partial charge in [-0.3, -0.25) is 4.68 Å². The molecule has 0 bridgehead atoms. The minimum absolute atomic E-state index is 0.101. The number of halogens is 2. The highest BCUT2D eigenvalue weighted by Crippen LogP contribution is 2.19. The van der Waals surface area contributed by atoms with Crippen LogP contribution in [0.5, 0.6) is 0 Å². The van der Waals surface area contributed by atoms with E-state index in [1.807, 2.05) is 0 Å². The Kier molecular flexibility index (Phi) is 3.05. The molecule has 1 aromatic carbocycles. The van der Waals surface area contributed by atoms with E-state index in [9.17, 15) is 4.39 Å². The van der Waals surface area contributed by atoms with Crippen molar-refractivity contribution in [3.63, 3.8) is 0 Å². The minimum Gasteiger partial charge on any atom is -0.379 e. The van der Waals surface area contributed by atoms with Gasteiger partial charge >= 0.3 is 0 Å². The number of anilines is 1. The van der Waals surface area contributed by atoms with Crippen molar-refractivity contribution in [3.05, 3.63) is 40.9 Å². The van der Waals surface area contributed by atoms with Gasteiger partial charge in [-0.1, -0.05) is 16.8 Å². The average Bonchev–Trinajstić information content (AvgIpc) is 2.66. The Morgan fingerprint density at radius 1 is 1.50 bits per heavy atom. The summed E-state index contributed by atoms with van der Waals surface area (Å²) in [7, 11) is 1.80. The standard InChI is InChI=1S/C10H10ClFN4/c1-16-6-8(14-15-16)5-13-7-2-3-10(12)9(11)4-7/h2-4,6,13H,5H2,1H3. The summed E-state index contributed by atoms with van der Waals surface area (Å²) in [6, 6.07) is 4.48. The van der Waals surface area contributed by atoms with Crippen LogP contribution < -0.4 is 5.32 Å². The van der Waals surface area contributed by atoms with Crippen LogP contribution in [0.2, 0.25) is 5.02 Å². The van der Waals surface area contributed by atoms with Crippen LogP contribution in [0.3, 0.4) is 0 Å². The molecule has 2 aromatic rings. The fraction of sp³-hybridized carbons (Fsp3) is 0.200. The number of nitrogens with one attached hydrogen (secondary N) is 1. The summed E-state index contributed by atoms with van der Waals surface area (Å²) in [5.74, 6) is -0.424. The lowest BCUT2D eigenvalue weighted by Gasteiger charge is -2.04. The molecular formula is C10H10ClFN4. The Bertz CT molecular complexity index is 497. The second kappa shape index (κ2) is 4.49. The Morgan fingerprint density at radius 2 is 2.31 bits per heavy atom. The van der Waals surface area contributed by atoms with Gasteiger partial charge in [0.25, 0.3) is 0 Å². The molecule has 2 rings (SSSR count). The van der Waals surface area contributed by atoms with E-state index < -0.39 is 5.82 Å². The van der Waals surface area contributed by atoms with Gasteiger partial charge < -0.3 is 5.32 Å². The third-order valence-electron chi connectivity index (χ3n) is 2.04. The molecule has 0 spiro atoms. The van der Waals surface area contributed by atoms with Crippen molar-refractivity contribution in [1.82, 2.24) is 15.0 Å². The molecule has 0 unspecified atom stereocenters. The van der Waals surface area contributed by atoms with E-state index in [2.05, 4.69) is 15.6 Å². The van der Waals surface area contributed by atoms with Gasteiger partial charge in [0, 0.05) is 18.9 Å². The minimum atomic E-state index is -0.424. The largest absolute Gasteiger partial charge is 0.379 e. The highest BCUT2D eigenvalue weighted by Gasteiger charge is 2.02. The van der Waals surface area contributed by atoms with E-state index in [0.717, 1.165) is 11.4 Å². The molecule has 0 fully saturated rings. The van der Waals surface area contributed by atoms with Gasteiger partial charge in [0.1, 0.15) is 11.5 Å². The molecule has 0 saturated heterocycles. The van der Waals surface area contributed by atoms with Crippen LogP contribution >= 0.6 is 11.6 Å². The van der Waals surface area contributed by atoms with Crippen LogP contribution in [0.4, 0.5) is 10.1 Å². The van der Waals surface area contributed by atoms with Crippen molar-refractivity contribution in [3.8, 4) is 0 Å². The lowest BCUT2D eigenvalue weighted by molar-refractivity contribution is 0.628. The Balaban J connectivity index is 2.02. The number of aryl methyl sites for hydroxylation is 1. The molecule has 1 N–H and O–H groups in total. The van der Waals surface area contributed by atoms with E-state index in [4.69, 9.17) is 11.6 Å². The lowest BCUT2D eigenvalue weighted by atomic mass is 10.3. The zero-order valence-corrected chi connectivity index (χ0v) is 9.37. The first-order valence-electron chi connectivity index (χ1n) is 4.69. The second-order valence-corrected chi connectivity index (χ2v) is 3.77. The third kappa shape index (κ3) is 2.49. The molecule has 0 saturated carbocycles. The van der Waals surface area contributed by atoms with Gasteiger partial charge in [-0.05, 0) is 18.2 Å². The molecule has 6 heteroatoms. The number of hydrogen-bond donors (Lipinski definition) is 1. The maximum Gasteiger partial charge on any atom is 0.141 e. The van der Waals surface area contributed by atoms with Gasteiger partial charge in [0.2, 0.25) is 0 Å². The summed E-state index contributed by atoms with van der Waals surface area (Å²) in [6.07, 6.45) is 1.80. The maximum atomic E-state index is 12.9. The van der Waals surface area contributed by atoms with Gasteiger partial charge in [0.05, 0.1) is 11.6 Å². The first kappa shape index (κ1) is 10.9. The Morgan fingerprint density at radius 3 is 2.94 bits per heavy atom. The summed E-state index contributed by atoms with van der Waals surface area (Å²) < 4.78 is 14.5. The first-order chi connectivity index (χ1) is 7.65. The van der Waals surface area contributed by atoms with E-state index in [1.165, 1.54) is 12.1 Å². The highest BCUT2D eigenvalue weighted by atomic mass is 35.5. The summed E-state index contributed by atoms with van der Waals surface area (Å²) in [6.45, 7) is 0.524. The van der Waals surface area contributed by atoms with Crippen molar-refractivity contribution < 1.29 is 4.39 Å². The predicted octanol–water partition coefficient (Wildman–Crippen LogP) is 2.22. The van der Waals surface area contributed by atoms with Crippen LogP contribution in [0.1, 0.15) is 5.69 Å². The van der Waals surface area contributed by atoms with E-state index in [1.54, 1.807) is 24.0 Å². The lowest BCUT2D eigenvalue weighted by Crippen LogP contribution is -1.99. The van der Waals surface area contributed by atoms with Crippen molar-refractivity contribution in [1.29, 1.82) is 0 Å². The first-order valence-corrected chi connectivity index (χ1v) is 5.07. The summed E-state index contributed by atoms with van der Waals surface area (Å²) in [4.78, 5) is 0. The fourth-order valence-electron chi connectivity index (χ4n) is 1.28. The smallest absolute Gasteiger partial charge is 0.141 e. The monoisotopic (exact) mass is 240 g/mol. The Labute approximate surface area is 97.0 Å². The van der Waals surface area contributed by atoms with Crippen LogP contribution in [-0.2, 0) is 13.6 Å². The molecule has 0 aliphatic heterocycles. The second-order valence-electron chi connectivity index (χ2n) is 3.37. The van der Waals surface area contributed by atoms with Crippen molar-refractivity contribution >= 4 is 17.3 Å². The van der Waals surface area contributed by atoms with E-state index in [0.29, 0.717) is 6.54 Å². The van der Waals surface area contributed by atoms with Gasteiger partial charge in [-0.2, -0.15) is 0 Å². The topological polar surface area (TPSA) is 42.7 Å². The van der Waals surface area contributed by atoms with Crippen molar-refractivity contribution in [2.45, 2.75) is 6.54 Å². The molecule has 4 nitrogen and oxygen atoms in total. The molecule has 0 aliphatic carbocycles. The predicted molar refractivity (Wildman–Crippen MR) is 59.7 cm³/mol. The molecule has 0 atom stereocenters. The van der Waals surface area contributed by atoms with Crippen LogP contribution in [0.15, 0.2) is 24.4 Å². The number of hydrogen-bond acceptors (Lipinski definition) is 3. The molecule has 0 aliphatic rings. The Hall–Kier alpha value is -1.62. The molecule has 16 heavy (non-hydrogen) atoms. The number of rotatable bonds is 3. The van der Waals surface area contributed by atoms with E-state index >= 15 is 0 Å². The highest BCUT2D eigenvalue weighted by molar-refractivity contribution is 6.31. The summed E-state index contributed by atoms with van der Waals surface area (Å²) >= 11 is 5.65. The number of nitrogens with zero attached hydrogens (tertiary/aromatic N) is 3.